The van der Waals surface area contributed by atoms with Crippen LogP contribution in [-0.2, 0) is 0 Å². The molecule has 90 valence electrons. The van der Waals surface area contributed by atoms with E-state index in [2.05, 4.69) is 16.5 Å². The van der Waals surface area contributed by atoms with Gasteiger partial charge in [0.2, 0.25) is 5.95 Å². The maximum absolute atomic E-state index is 6.26. The highest BCUT2D eigenvalue weighted by molar-refractivity contribution is 6.35. The van der Waals surface area contributed by atoms with Crippen molar-refractivity contribution < 1.29 is 0 Å². The molecule has 0 amide bonds. The third kappa shape index (κ3) is 1.89. The minimum atomic E-state index is 0.368. The molecule has 2 N–H and O–H groups in total. The average molecular weight is 250 g/mol. The zero-order valence-electron chi connectivity index (χ0n) is 9.86. The van der Waals surface area contributed by atoms with Gasteiger partial charge in [-0.15, -0.1) is 0 Å². The van der Waals surface area contributed by atoms with Crippen molar-refractivity contribution in [2.24, 2.45) is 5.92 Å². The first kappa shape index (κ1) is 10.9. The highest BCUT2D eigenvalue weighted by Crippen LogP contribution is 2.39. The van der Waals surface area contributed by atoms with Crippen molar-refractivity contribution in [3.8, 4) is 0 Å². The van der Waals surface area contributed by atoms with Crippen LogP contribution in [0.5, 0.6) is 0 Å². The third-order valence-electron chi connectivity index (χ3n) is 3.50. The van der Waals surface area contributed by atoms with E-state index in [1.807, 2.05) is 18.2 Å². The van der Waals surface area contributed by atoms with Gasteiger partial charge in [0.25, 0.3) is 0 Å². The van der Waals surface area contributed by atoms with Gasteiger partial charge in [0.1, 0.15) is 0 Å². The molecule has 3 rings (SSSR count). The molecule has 17 heavy (non-hydrogen) atoms. The summed E-state index contributed by atoms with van der Waals surface area (Å²) in [5, 5.41) is 0.731. The highest BCUT2D eigenvalue weighted by Gasteiger charge is 2.26. The zero-order chi connectivity index (χ0) is 12.0. The van der Waals surface area contributed by atoms with Gasteiger partial charge in [0.05, 0.1) is 16.1 Å². The Balaban J connectivity index is 2.09. The topological polar surface area (TPSA) is 43.8 Å². The summed E-state index contributed by atoms with van der Waals surface area (Å²) in [5.41, 5.74) is 7.87. The molecule has 1 aromatic carbocycles. The van der Waals surface area contributed by atoms with Gasteiger partial charge in [-0.25, -0.2) is 4.98 Å². The number of anilines is 1. The number of benzene rings is 1. The summed E-state index contributed by atoms with van der Waals surface area (Å²) in [7, 11) is 0. The van der Waals surface area contributed by atoms with E-state index in [-0.39, 0.29) is 0 Å². The second-order valence-corrected chi connectivity index (χ2v) is 5.38. The third-order valence-corrected chi connectivity index (χ3v) is 3.81. The number of para-hydroxylation sites is 1. The van der Waals surface area contributed by atoms with E-state index in [0.29, 0.717) is 12.0 Å². The molecule has 0 radical (unpaired) electrons. The van der Waals surface area contributed by atoms with E-state index in [9.17, 15) is 0 Å². The number of imidazole rings is 1. The molecule has 1 fully saturated rings. The number of aromatic nitrogens is 2. The molecule has 0 saturated heterocycles. The smallest absolute Gasteiger partial charge is 0.201 e. The van der Waals surface area contributed by atoms with E-state index >= 15 is 0 Å². The molecule has 3 nitrogen and oxygen atoms in total. The van der Waals surface area contributed by atoms with Crippen molar-refractivity contribution >= 4 is 28.6 Å². The Bertz CT molecular complexity index is 557. The summed E-state index contributed by atoms with van der Waals surface area (Å²) in [6, 6.07) is 6.13. The normalized spacial score (nSPS) is 17.5. The first-order valence-corrected chi connectivity index (χ1v) is 6.46. The van der Waals surface area contributed by atoms with Gasteiger partial charge < -0.3 is 10.3 Å². The number of halogens is 1. The minimum absolute atomic E-state index is 0.368. The molecule has 1 heterocycles. The Morgan fingerprint density at radius 2 is 2.29 bits per heavy atom. The van der Waals surface area contributed by atoms with Crippen molar-refractivity contribution in [3.05, 3.63) is 23.2 Å². The Morgan fingerprint density at radius 1 is 1.53 bits per heavy atom. The first-order chi connectivity index (χ1) is 8.16. The van der Waals surface area contributed by atoms with Crippen LogP contribution in [0, 0.1) is 5.92 Å². The Labute approximate surface area is 106 Å². The number of rotatable bonds is 3. The quantitative estimate of drug-likeness (QED) is 0.903. The lowest BCUT2D eigenvalue weighted by Gasteiger charge is -2.16. The number of hydrogen-bond donors (Lipinski definition) is 1. The molecule has 1 saturated carbocycles. The molecule has 0 aliphatic heterocycles. The van der Waals surface area contributed by atoms with Crippen LogP contribution in [0.1, 0.15) is 32.2 Å². The van der Waals surface area contributed by atoms with E-state index in [0.717, 1.165) is 22.0 Å². The Kier molecular flexibility index (Phi) is 2.51. The number of fused-ring (bicyclic) bond motifs is 1. The Hall–Kier alpha value is -1.22. The van der Waals surface area contributed by atoms with E-state index in [1.165, 1.54) is 19.3 Å². The molecule has 4 heteroatoms. The number of nitrogens with zero attached hydrogens (tertiary/aromatic N) is 2. The van der Waals surface area contributed by atoms with Gasteiger partial charge >= 0.3 is 0 Å². The number of nitrogen functional groups attached to an aromatic ring is 1. The summed E-state index contributed by atoms with van der Waals surface area (Å²) in [5.74, 6) is 1.44. The molecule has 0 bridgehead atoms. The fraction of sp³-hybridized carbons (Fsp3) is 0.462. The SMILES string of the molecule is CC(CC1CC1)n1c(N)nc2cccc(Cl)c21. The van der Waals surface area contributed by atoms with Crippen LogP contribution in [0.2, 0.25) is 5.02 Å². The number of hydrogen-bond acceptors (Lipinski definition) is 2. The standard InChI is InChI=1S/C13H16ClN3/c1-8(7-9-5-6-9)17-12-10(14)3-2-4-11(12)16-13(17)15/h2-4,8-9H,5-7H2,1H3,(H2,15,16). The van der Waals surface area contributed by atoms with Crippen molar-refractivity contribution in [3.63, 3.8) is 0 Å². The predicted molar refractivity (Wildman–Crippen MR) is 71.2 cm³/mol. The summed E-state index contributed by atoms with van der Waals surface area (Å²) < 4.78 is 2.08. The summed E-state index contributed by atoms with van der Waals surface area (Å²) in [6.07, 6.45) is 3.87. The fourth-order valence-corrected chi connectivity index (χ4v) is 2.77. The van der Waals surface area contributed by atoms with Crippen molar-refractivity contribution in [2.75, 3.05) is 5.73 Å². The summed E-state index contributed by atoms with van der Waals surface area (Å²) in [4.78, 5) is 4.38. The Morgan fingerprint density at radius 3 is 3.00 bits per heavy atom. The van der Waals surface area contributed by atoms with Gasteiger partial charge in [-0.1, -0.05) is 30.5 Å². The monoisotopic (exact) mass is 249 g/mol. The largest absolute Gasteiger partial charge is 0.369 e. The molecular weight excluding hydrogens is 234 g/mol. The van der Waals surface area contributed by atoms with E-state index < -0.39 is 0 Å². The molecule has 2 aromatic rings. The van der Waals surface area contributed by atoms with Gasteiger partial charge in [-0.3, -0.25) is 0 Å². The molecular formula is C13H16ClN3. The summed E-state index contributed by atoms with van der Waals surface area (Å²) in [6.45, 7) is 2.19. The lowest BCUT2D eigenvalue weighted by Crippen LogP contribution is -2.09. The second-order valence-electron chi connectivity index (χ2n) is 4.98. The molecule has 1 aromatic heterocycles. The average Bonchev–Trinajstić information content (AvgIpc) is 3.00. The fourth-order valence-electron chi connectivity index (χ4n) is 2.51. The lowest BCUT2D eigenvalue weighted by molar-refractivity contribution is 0.493. The number of nitrogens with two attached hydrogens (primary N) is 1. The maximum atomic E-state index is 6.26. The van der Waals surface area contributed by atoms with Crippen LogP contribution >= 0.6 is 11.6 Å². The van der Waals surface area contributed by atoms with Crippen LogP contribution in [-0.4, -0.2) is 9.55 Å². The summed E-state index contributed by atoms with van der Waals surface area (Å²) >= 11 is 6.26. The van der Waals surface area contributed by atoms with Gasteiger partial charge in [0.15, 0.2) is 0 Å². The van der Waals surface area contributed by atoms with Gasteiger partial charge in [0, 0.05) is 6.04 Å². The van der Waals surface area contributed by atoms with Crippen LogP contribution < -0.4 is 5.73 Å². The van der Waals surface area contributed by atoms with Gasteiger partial charge in [-0.2, -0.15) is 0 Å². The molecule has 0 spiro atoms. The molecule has 1 aliphatic rings. The second kappa shape index (κ2) is 3.91. The van der Waals surface area contributed by atoms with Crippen LogP contribution in [0.4, 0.5) is 5.95 Å². The van der Waals surface area contributed by atoms with E-state index in [4.69, 9.17) is 17.3 Å². The molecule has 1 unspecified atom stereocenters. The van der Waals surface area contributed by atoms with Crippen LogP contribution in [0.15, 0.2) is 18.2 Å². The lowest BCUT2D eigenvalue weighted by atomic mass is 10.1. The maximum Gasteiger partial charge on any atom is 0.201 e. The van der Waals surface area contributed by atoms with E-state index in [1.54, 1.807) is 0 Å². The van der Waals surface area contributed by atoms with Crippen molar-refractivity contribution in [1.82, 2.24) is 9.55 Å². The van der Waals surface area contributed by atoms with Crippen molar-refractivity contribution in [2.45, 2.75) is 32.2 Å². The van der Waals surface area contributed by atoms with Crippen LogP contribution in [0.3, 0.4) is 0 Å². The molecule has 1 aliphatic carbocycles. The zero-order valence-corrected chi connectivity index (χ0v) is 10.6. The minimum Gasteiger partial charge on any atom is -0.369 e. The van der Waals surface area contributed by atoms with Gasteiger partial charge in [-0.05, 0) is 31.4 Å². The first-order valence-electron chi connectivity index (χ1n) is 6.08. The van der Waals surface area contributed by atoms with Crippen LogP contribution in [0.25, 0.3) is 11.0 Å². The predicted octanol–water partition coefficient (Wildman–Crippen LogP) is 3.63. The molecule has 1 atom stereocenters. The highest BCUT2D eigenvalue weighted by atomic mass is 35.5. The van der Waals surface area contributed by atoms with Crippen molar-refractivity contribution in [1.29, 1.82) is 0 Å².